The number of nitrogens with zero attached hydrogens (tertiary/aromatic N) is 1. The van der Waals surface area contributed by atoms with Gasteiger partial charge < -0.3 is 24.2 Å². The monoisotopic (exact) mass is 723 g/mol. The smallest absolute Gasteiger partial charge is 0.306 e. The molecule has 7 heteroatoms. The summed E-state index contributed by atoms with van der Waals surface area (Å²) in [6.45, 7) is 4.89. The van der Waals surface area contributed by atoms with E-state index < -0.39 is 12.2 Å². The normalized spacial score (nSPS) is 13.3. The molecule has 0 radical (unpaired) electrons. The van der Waals surface area contributed by atoms with Crippen LogP contribution in [0.1, 0.15) is 194 Å². The van der Waals surface area contributed by atoms with E-state index in [0.29, 0.717) is 30.4 Å². The average molecular weight is 723 g/mol. The summed E-state index contributed by atoms with van der Waals surface area (Å²) in [7, 11) is 3.83. The van der Waals surface area contributed by atoms with Gasteiger partial charge in [0.25, 0.3) is 0 Å². The quantitative estimate of drug-likeness (QED) is 0.0285. The number of aliphatic hydroxyl groups excluding tert-OH is 2. The molecule has 0 aliphatic heterocycles. The van der Waals surface area contributed by atoms with Crippen LogP contribution < -0.4 is 0 Å². The van der Waals surface area contributed by atoms with E-state index in [1.54, 1.807) is 0 Å². The summed E-state index contributed by atoms with van der Waals surface area (Å²) in [4.78, 5) is 25.3. The maximum atomic E-state index is 12.8. The first-order valence-electron chi connectivity index (χ1n) is 21.5. The summed E-state index contributed by atoms with van der Waals surface area (Å²) in [5, 5.41) is 19.3. The molecule has 0 rings (SSSR count). The Kier molecular flexibility index (Phi) is 35.4. The van der Waals surface area contributed by atoms with Crippen LogP contribution in [0.25, 0.3) is 0 Å². The Bertz CT molecular complexity index is 841. The second-order valence-electron chi connectivity index (χ2n) is 15.6. The SMILES string of the molecule is CCCCCCCC/C=C\CCCCCCCC(=O)OCC(C[N+](C)(C)CC(O)CO)OC(=O)CCCCCCC/C=C\CCCCCCCC. The Balaban J connectivity index is 4.24. The van der Waals surface area contributed by atoms with Crippen LogP contribution in [0.15, 0.2) is 24.3 Å². The zero-order valence-electron chi connectivity index (χ0n) is 34.1. The molecule has 0 saturated heterocycles. The van der Waals surface area contributed by atoms with Crippen LogP contribution in [-0.2, 0) is 19.1 Å². The van der Waals surface area contributed by atoms with Crippen molar-refractivity contribution in [2.45, 2.75) is 206 Å². The highest BCUT2D eigenvalue weighted by Gasteiger charge is 2.28. The highest BCUT2D eigenvalue weighted by atomic mass is 16.6. The molecule has 0 amide bonds. The average Bonchev–Trinajstić information content (AvgIpc) is 3.10. The van der Waals surface area contributed by atoms with Gasteiger partial charge >= 0.3 is 11.9 Å². The molecule has 0 aliphatic carbocycles. The number of allylic oxidation sites excluding steroid dienone is 4. The van der Waals surface area contributed by atoms with Gasteiger partial charge in [0.1, 0.15) is 25.8 Å². The van der Waals surface area contributed by atoms with Gasteiger partial charge in [0.2, 0.25) is 0 Å². The summed E-state index contributed by atoms with van der Waals surface area (Å²) in [5.74, 6) is -0.528. The fourth-order valence-electron chi connectivity index (χ4n) is 6.56. The zero-order chi connectivity index (χ0) is 37.7. The molecule has 0 bridgehead atoms. The van der Waals surface area contributed by atoms with Gasteiger partial charge in [0.15, 0.2) is 6.10 Å². The zero-order valence-corrected chi connectivity index (χ0v) is 34.1. The number of hydrogen-bond acceptors (Lipinski definition) is 6. The van der Waals surface area contributed by atoms with Crippen molar-refractivity contribution in [1.82, 2.24) is 0 Å². The number of aliphatic hydroxyl groups is 2. The largest absolute Gasteiger partial charge is 0.461 e. The molecule has 0 aromatic carbocycles. The third-order valence-corrected chi connectivity index (χ3v) is 9.63. The molecule has 0 aromatic rings. The van der Waals surface area contributed by atoms with Crippen LogP contribution in [0.3, 0.4) is 0 Å². The molecule has 2 unspecified atom stereocenters. The molecule has 2 N–H and O–H groups in total. The minimum atomic E-state index is -0.865. The molecule has 2 atom stereocenters. The van der Waals surface area contributed by atoms with Gasteiger partial charge in [-0.2, -0.15) is 0 Å². The van der Waals surface area contributed by atoms with Crippen molar-refractivity contribution < 1.29 is 33.8 Å². The third-order valence-electron chi connectivity index (χ3n) is 9.63. The summed E-state index contributed by atoms with van der Waals surface area (Å²) in [6.07, 6.45) is 40.0. The fraction of sp³-hybridized carbons (Fsp3) is 0.864. The van der Waals surface area contributed by atoms with Gasteiger partial charge in [0, 0.05) is 12.8 Å². The van der Waals surface area contributed by atoms with E-state index in [2.05, 4.69) is 38.2 Å². The first kappa shape index (κ1) is 49.3. The molecular formula is C44H84NO6+. The Labute approximate surface area is 315 Å². The Morgan fingerprint density at radius 3 is 1.33 bits per heavy atom. The Morgan fingerprint density at radius 2 is 0.922 bits per heavy atom. The number of esters is 2. The van der Waals surface area contributed by atoms with Crippen molar-refractivity contribution in [3.63, 3.8) is 0 Å². The van der Waals surface area contributed by atoms with Crippen molar-refractivity contribution in [3.05, 3.63) is 24.3 Å². The number of ether oxygens (including phenoxy) is 2. The van der Waals surface area contributed by atoms with Crippen molar-refractivity contribution >= 4 is 11.9 Å². The number of carbonyl (C=O) groups excluding carboxylic acids is 2. The molecule has 300 valence electrons. The summed E-state index contributed by atoms with van der Waals surface area (Å²) in [5.41, 5.74) is 0. The topological polar surface area (TPSA) is 93.1 Å². The van der Waals surface area contributed by atoms with Gasteiger partial charge in [-0.05, 0) is 64.2 Å². The van der Waals surface area contributed by atoms with Crippen molar-refractivity contribution in [1.29, 1.82) is 0 Å². The summed E-state index contributed by atoms with van der Waals surface area (Å²) in [6, 6.07) is 0. The first-order valence-corrected chi connectivity index (χ1v) is 21.5. The molecule has 0 saturated carbocycles. The minimum absolute atomic E-state index is 0.0128. The number of hydrogen-bond donors (Lipinski definition) is 2. The second kappa shape index (κ2) is 36.6. The van der Waals surface area contributed by atoms with Gasteiger partial charge in [0.05, 0.1) is 20.7 Å². The predicted molar refractivity (Wildman–Crippen MR) is 215 cm³/mol. The van der Waals surface area contributed by atoms with Gasteiger partial charge in [-0.1, -0.05) is 141 Å². The van der Waals surface area contributed by atoms with E-state index in [9.17, 15) is 19.8 Å². The molecule has 0 heterocycles. The molecule has 0 fully saturated rings. The number of carbonyl (C=O) groups is 2. The molecule has 0 aliphatic rings. The van der Waals surface area contributed by atoms with E-state index in [1.165, 1.54) is 116 Å². The lowest BCUT2D eigenvalue weighted by atomic mass is 10.1. The molecule has 0 aromatic heterocycles. The highest BCUT2D eigenvalue weighted by molar-refractivity contribution is 5.70. The first-order chi connectivity index (χ1) is 24.7. The van der Waals surface area contributed by atoms with Crippen LogP contribution >= 0.6 is 0 Å². The fourth-order valence-corrected chi connectivity index (χ4v) is 6.56. The summed E-state index contributed by atoms with van der Waals surface area (Å²) < 4.78 is 11.7. The van der Waals surface area contributed by atoms with Gasteiger partial charge in [-0.25, -0.2) is 0 Å². The lowest BCUT2D eigenvalue weighted by Gasteiger charge is -2.34. The number of likely N-dealkylation sites (N-methyl/N-ethyl adjacent to an activating group) is 1. The van der Waals surface area contributed by atoms with Crippen LogP contribution in [0.2, 0.25) is 0 Å². The predicted octanol–water partition coefficient (Wildman–Crippen LogP) is 10.9. The van der Waals surface area contributed by atoms with Crippen LogP contribution in [0.4, 0.5) is 0 Å². The van der Waals surface area contributed by atoms with E-state index in [1.807, 2.05) is 14.1 Å². The van der Waals surface area contributed by atoms with E-state index >= 15 is 0 Å². The molecule has 51 heavy (non-hydrogen) atoms. The maximum absolute atomic E-state index is 12.8. The Hall–Kier alpha value is -1.70. The van der Waals surface area contributed by atoms with Crippen molar-refractivity contribution in [2.75, 3.05) is 40.4 Å². The molecule has 0 spiro atoms. The van der Waals surface area contributed by atoms with Gasteiger partial charge in [-0.3, -0.25) is 9.59 Å². The number of rotatable bonds is 38. The minimum Gasteiger partial charge on any atom is -0.461 e. The molecular weight excluding hydrogens is 638 g/mol. The third kappa shape index (κ3) is 36.4. The second-order valence-corrected chi connectivity index (χ2v) is 15.6. The standard InChI is InChI=1S/C44H84NO6/c1-5-7-9-11-13-15-17-19-21-23-25-27-29-31-33-35-43(48)50-40-42(38-45(3,4)37-41(47)39-46)51-44(49)36-34-32-30-28-26-24-22-20-18-16-14-12-10-8-6-2/h19-22,41-42,46-47H,5-18,23-40H2,1-4H3/q+1/b21-19-,22-20-. The highest BCUT2D eigenvalue weighted by Crippen LogP contribution is 2.14. The molecule has 7 nitrogen and oxygen atoms in total. The van der Waals surface area contributed by atoms with Crippen LogP contribution in [-0.4, -0.2) is 79.2 Å². The van der Waals surface area contributed by atoms with Crippen molar-refractivity contribution in [3.8, 4) is 0 Å². The van der Waals surface area contributed by atoms with Gasteiger partial charge in [-0.15, -0.1) is 0 Å². The Morgan fingerprint density at radius 1 is 0.549 bits per heavy atom. The van der Waals surface area contributed by atoms with Crippen LogP contribution in [0, 0.1) is 0 Å². The number of unbranched alkanes of at least 4 members (excludes halogenated alkanes) is 22. The van der Waals surface area contributed by atoms with E-state index in [0.717, 1.165) is 51.4 Å². The van der Waals surface area contributed by atoms with Crippen LogP contribution in [0.5, 0.6) is 0 Å². The number of quaternary nitrogens is 1. The van der Waals surface area contributed by atoms with Crippen molar-refractivity contribution in [2.24, 2.45) is 0 Å². The lowest BCUT2D eigenvalue weighted by Crippen LogP contribution is -2.52. The lowest BCUT2D eigenvalue weighted by molar-refractivity contribution is -0.896. The maximum Gasteiger partial charge on any atom is 0.306 e. The summed E-state index contributed by atoms with van der Waals surface area (Å²) >= 11 is 0. The van der Waals surface area contributed by atoms with E-state index in [-0.39, 0.29) is 25.2 Å². The van der Waals surface area contributed by atoms with E-state index in [4.69, 9.17) is 9.47 Å².